The molecule has 0 atom stereocenters. The van der Waals surface area contributed by atoms with E-state index < -0.39 is 0 Å². The average Bonchev–Trinajstić information content (AvgIpc) is 2.16. The van der Waals surface area contributed by atoms with Gasteiger partial charge < -0.3 is 19.3 Å². The fraction of sp³-hybridized carbons (Fsp3) is 1.00. The van der Waals surface area contributed by atoms with E-state index in [1.54, 1.807) is 0 Å². The minimum atomic E-state index is -0.339. The summed E-state index contributed by atoms with van der Waals surface area (Å²) in [5, 5.41) is 9.13. The van der Waals surface area contributed by atoms with E-state index in [4.69, 9.17) is 19.3 Å². The highest BCUT2D eigenvalue weighted by Crippen LogP contribution is 2.21. The Balaban J connectivity index is 2.37. The zero-order valence-corrected chi connectivity index (χ0v) is 7.41. The van der Waals surface area contributed by atoms with Crippen molar-refractivity contribution in [2.24, 2.45) is 5.41 Å². The van der Waals surface area contributed by atoms with Crippen LogP contribution in [0.1, 0.15) is 6.92 Å². The van der Waals surface area contributed by atoms with Gasteiger partial charge in [-0.05, 0) is 6.92 Å². The number of hydrogen-bond acceptors (Lipinski definition) is 4. The number of ether oxygens (including phenoxy) is 3. The van der Waals surface area contributed by atoms with Crippen LogP contribution in [0.2, 0.25) is 0 Å². The van der Waals surface area contributed by atoms with Gasteiger partial charge in [0.2, 0.25) is 0 Å². The first-order chi connectivity index (χ1) is 5.83. The molecule has 0 spiro atoms. The molecule has 1 rings (SSSR count). The predicted molar refractivity (Wildman–Crippen MR) is 42.8 cm³/mol. The minimum absolute atomic E-state index is 0.0486. The third-order valence-electron chi connectivity index (χ3n) is 1.93. The van der Waals surface area contributed by atoms with E-state index in [1.807, 2.05) is 6.92 Å². The van der Waals surface area contributed by atoms with E-state index in [9.17, 15) is 0 Å². The Labute approximate surface area is 72.4 Å². The minimum Gasteiger partial charge on any atom is -0.396 e. The smallest absolute Gasteiger partial charge is 0.146 e. The van der Waals surface area contributed by atoms with E-state index in [0.29, 0.717) is 33.2 Å². The number of aliphatic hydroxyl groups is 1. The molecule has 4 nitrogen and oxygen atoms in total. The zero-order chi connectivity index (χ0) is 8.86. The van der Waals surface area contributed by atoms with E-state index in [1.165, 1.54) is 0 Å². The summed E-state index contributed by atoms with van der Waals surface area (Å²) in [6, 6.07) is 0. The molecule has 0 aromatic carbocycles. The lowest BCUT2D eigenvalue weighted by atomic mass is 9.92. The van der Waals surface area contributed by atoms with Crippen LogP contribution in [0.3, 0.4) is 0 Å². The summed E-state index contributed by atoms with van der Waals surface area (Å²) in [4.78, 5) is 0. The Morgan fingerprint density at radius 1 is 1.42 bits per heavy atom. The Kier molecular flexibility index (Phi) is 3.94. The summed E-state index contributed by atoms with van der Waals surface area (Å²) in [6.45, 7) is 4.49. The van der Waals surface area contributed by atoms with Crippen molar-refractivity contribution >= 4 is 0 Å². The van der Waals surface area contributed by atoms with Gasteiger partial charge in [-0.25, -0.2) is 0 Å². The number of rotatable bonds is 4. The van der Waals surface area contributed by atoms with E-state index in [0.717, 1.165) is 0 Å². The van der Waals surface area contributed by atoms with Gasteiger partial charge in [-0.2, -0.15) is 0 Å². The Hall–Kier alpha value is -0.160. The lowest BCUT2D eigenvalue weighted by molar-refractivity contribution is -0.192. The molecule has 1 saturated heterocycles. The second-order valence-corrected chi connectivity index (χ2v) is 3.11. The van der Waals surface area contributed by atoms with Crippen molar-refractivity contribution in [3.05, 3.63) is 0 Å². The molecule has 0 aromatic rings. The molecule has 0 saturated carbocycles. The second-order valence-electron chi connectivity index (χ2n) is 3.11. The zero-order valence-electron chi connectivity index (χ0n) is 7.41. The lowest BCUT2D eigenvalue weighted by Crippen LogP contribution is -2.44. The molecule has 1 fully saturated rings. The third-order valence-corrected chi connectivity index (χ3v) is 1.93. The molecule has 72 valence electrons. The van der Waals surface area contributed by atoms with Crippen LogP contribution in [-0.2, 0) is 14.2 Å². The highest BCUT2D eigenvalue weighted by atomic mass is 16.7. The van der Waals surface area contributed by atoms with Crippen LogP contribution in [0, 0.1) is 5.41 Å². The van der Waals surface area contributed by atoms with E-state index >= 15 is 0 Å². The van der Waals surface area contributed by atoms with Gasteiger partial charge in [0.1, 0.15) is 6.79 Å². The molecule has 1 heterocycles. The molecule has 1 aliphatic rings. The summed E-state index contributed by atoms with van der Waals surface area (Å²) < 4.78 is 15.5. The maximum Gasteiger partial charge on any atom is 0.146 e. The molecule has 4 heteroatoms. The van der Waals surface area contributed by atoms with Gasteiger partial charge in [0.15, 0.2) is 0 Å². The van der Waals surface area contributed by atoms with E-state index in [2.05, 4.69) is 0 Å². The fourth-order valence-corrected chi connectivity index (χ4v) is 1.16. The number of aliphatic hydroxyl groups excluding tert-OH is 1. The van der Waals surface area contributed by atoms with Crippen molar-refractivity contribution in [2.45, 2.75) is 6.92 Å². The van der Waals surface area contributed by atoms with Crippen molar-refractivity contribution in [1.29, 1.82) is 0 Å². The van der Waals surface area contributed by atoms with Crippen molar-refractivity contribution in [1.82, 2.24) is 0 Å². The van der Waals surface area contributed by atoms with Crippen LogP contribution < -0.4 is 0 Å². The van der Waals surface area contributed by atoms with Crippen molar-refractivity contribution in [2.75, 3.05) is 39.8 Å². The molecule has 0 unspecified atom stereocenters. The standard InChI is InChI=1S/C8H16O4/c1-2-10-4-8(3-9)5-11-7-12-6-8/h9H,2-7H2,1H3. The Morgan fingerprint density at radius 3 is 2.58 bits per heavy atom. The van der Waals surface area contributed by atoms with Gasteiger partial charge in [0, 0.05) is 6.61 Å². The van der Waals surface area contributed by atoms with Crippen molar-refractivity contribution < 1.29 is 19.3 Å². The molecule has 0 radical (unpaired) electrons. The van der Waals surface area contributed by atoms with Crippen LogP contribution in [0.4, 0.5) is 0 Å². The largest absolute Gasteiger partial charge is 0.396 e. The summed E-state index contributed by atoms with van der Waals surface area (Å²) in [5.41, 5.74) is -0.339. The summed E-state index contributed by atoms with van der Waals surface area (Å²) in [7, 11) is 0. The quantitative estimate of drug-likeness (QED) is 0.655. The maximum absolute atomic E-state index is 9.13. The van der Waals surface area contributed by atoms with Gasteiger partial charge in [-0.3, -0.25) is 0 Å². The molecule has 0 amide bonds. The fourth-order valence-electron chi connectivity index (χ4n) is 1.16. The summed E-state index contributed by atoms with van der Waals surface area (Å²) >= 11 is 0. The van der Waals surface area contributed by atoms with E-state index in [-0.39, 0.29) is 12.0 Å². The summed E-state index contributed by atoms with van der Waals surface area (Å²) in [5.74, 6) is 0. The van der Waals surface area contributed by atoms with Gasteiger partial charge in [-0.1, -0.05) is 0 Å². The van der Waals surface area contributed by atoms with Gasteiger partial charge in [0.25, 0.3) is 0 Å². The first-order valence-corrected chi connectivity index (χ1v) is 4.17. The topological polar surface area (TPSA) is 47.9 Å². The Bertz CT molecular complexity index is 120. The first kappa shape index (κ1) is 9.92. The van der Waals surface area contributed by atoms with Crippen molar-refractivity contribution in [3.8, 4) is 0 Å². The lowest BCUT2D eigenvalue weighted by Gasteiger charge is -2.34. The molecule has 0 bridgehead atoms. The van der Waals surface area contributed by atoms with Crippen LogP contribution in [0.15, 0.2) is 0 Å². The van der Waals surface area contributed by atoms with Crippen LogP contribution in [-0.4, -0.2) is 44.9 Å². The van der Waals surface area contributed by atoms with Gasteiger partial charge in [-0.15, -0.1) is 0 Å². The molecular weight excluding hydrogens is 160 g/mol. The predicted octanol–water partition coefficient (Wildman–Crippen LogP) is 0.00590. The first-order valence-electron chi connectivity index (χ1n) is 4.17. The molecule has 1 aliphatic heterocycles. The SMILES string of the molecule is CCOCC1(CO)COCOC1. The second kappa shape index (κ2) is 4.77. The highest BCUT2D eigenvalue weighted by molar-refractivity contribution is 4.79. The van der Waals surface area contributed by atoms with Crippen LogP contribution >= 0.6 is 0 Å². The molecule has 0 aliphatic carbocycles. The third kappa shape index (κ3) is 2.42. The van der Waals surface area contributed by atoms with Gasteiger partial charge >= 0.3 is 0 Å². The molecule has 0 aromatic heterocycles. The normalized spacial score (nSPS) is 22.5. The molecule has 1 N–H and O–H groups in total. The Morgan fingerprint density at radius 2 is 2.08 bits per heavy atom. The monoisotopic (exact) mass is 176 g/mol. The van der Waals surface area contributed by atoms with Crippen LogP contribution in [0.5, 0.6) is 0 Å². The average molecular weight is 176 g/mol. The van der Waals surface area contributed by atoms with Gasteiger partial charge in [0.05, 0.1) is 31.8 Å². The molecular formula is C8H16O4. The van der Waals surface area contributed by atoms with Crippen LogP contribution in [0.25, 0.3) is 0 Å². The highest BCUT2D eigenvalue weighted by Gasteiger charge is 2.33. The maximum atomic E-state index is 9.13. The molecule has 12 heavy (non-hydrogen) atoms. The summed E-state index contributed by atoms with van der Waals surface area (Å²) in [6.07, 6.45) is 0. The van der Waals surface area contributed by atoms with Crippen molar-refractivity contribution in [3.63, 3.8) is 0 Å². The number of hydrogen-bond donors (Lipinski definition) is 1.